The van der Waals surface area contributed by atoms with Crippen molar-refractivity contribution < 1.29 is 9.53 Å². The molecule has 5 nitrogen and oxygen atoms in total. The molecule has 2 N–H and O–H groups in total. The normalized spacial score (nSPS) is 10.8. The average molecular weight is 462 g/mol. The number of nitriles is 1. The summed E-state index contributed by atoms with van der Waals surface area (Å²) in [5.41, 5.74) is 2.01. The number of thioether (sulfide) groups is 1. The number of anilines is 1. The fourth-order valence-corrected chi connectivity index (χ4v) is 3.25. The van der Waals surface area contributed by atoms with E-state index in [1.54, 1.807) is 24.3 Å². The third-order valence-electron chi connectivity index (χ3n) is 3.94. The quantitative estimate of drug-likeness (QED) is 0.305. The first-order valence-corrected chi connectivity index (χ1v) is 10.5. The van der Waals surface area contributed by atoms with Crippen LogP contribution in [0.4, 0.5) is 10.5 Å². The van der Waals surface area contributed by atoms with E-state index >= 15 is 0 Å². The number of hydrogen-bond donors (Lipinski definition) is 2. The molecule has 0 radical (unpaired) electrons. The predicted molar refractivity (Wildman–Crippen MR) is 118 cm³/mol. The first kappa shape index (κ1) is 22.1. The molecule has 0 saturated heterocycles. The maximum absolute atomic E-state index is 11.9. The number of rotatable bonds is 7. The molecule has 0 aliphatic heterocycles. The molecule has 0 atom stereocenters. The van der Waals surface area contributed by atoms with Crippen molar-refractivity contribution >= 4 is 39.4 Å². The SMILES string of the molecule is CC(C)(C)c1ccc(OCCCNC(=O)Nc2ccc(SC#N)cc2)c(Br)c1. The fraction of sp³-hybridized carbons (Fsp3) is 0.333. The second-order valence-electron chi connectivity index (χ2n) is 7.20. The molecule has 0 heterocycles. The number of carbonyl (C=O) groups is 1. The maximum Gasteiger partial charge on any atom is 0.319 e. The van der Waals surface area contributed by atoms with Crippen molar-refractivity contribution in [2.24, 2.45) is 0 Å². The highest BCUT2D eigenvalue weighted by Crippen LogP contribution is 2.31. The Kier molecular flexibility index (Phi) is 8.21. The van der Waals surface area contributed by atoms with Crippen molar-refractivity contribution in [2.45, 2.75) is 37.5 Å². The first-order valence-electron chi connectivity index (χ1n) is 8.93. The summed E-state index contributed by atoms with van der Waals surface area (Å²) in [5.74, 6) is 0.799. The van der Waals surface area contributed by atoms with Crippen LogP contribution in [-0.4, -0.2) is 19.2 Å². The summed E-state index contributed by atoms with van der Waals surface area (Å²) in [6.45, 7) is 7.53. The van der Waals surface area contributed by atoms with Gasteiger partial charge in [-0.05, 0) is 81.5 Å². The van der Waals surface area contributed by atoms with E-state index < -0.39 is 0 Å². The van der Waals surface area contributed by atoms with Crippen LogP contribution in [0.3, 0.4) is 0 Å². The Morgan fingerprint density at radius 3 is 2.54 bits per heavy atom. The third kappa shape index (κ3) is 7.10. The number of hydrogen-bond acceptors (Lipinski definition) is 4. The van der Waals surface area contributed by atoms with E-state index in [9.17, 15) is 4.79 Å². The van der Waals surface area contributed by atoms with E-state index in [2.05, 4.69) is 59.5 Å². The molecular formula is C21H24BrN3O2S. The zero-order valence-electron chi connectivity index (χ0n) is 16.2. The van der Waals surface area contributed by atoms with E-state index in [1.807, 2.05) is 11.5 Å². The highest BCUT2D eigenvalue weighted by Gasteiger charge is 2.15. The zero-order valence-corrected chi connectivity index (χ0v) is 18.6. The van der Waals surface area contributed by atoms with Gasteiger partial charge >= 0.3 is 6.03 Å². The molecule has 0 bridgehead atoms. The molecule has 2 aromatic carbocycles. The number of benzene rings is 2. The first-order chi connectivity index (χ1) is 13.3. The fourth-order valence-electron chi connectivity index (χ4n) is 2.37. The lowest BCUT2D eigenvalue weighted by atomic mass is 9.87. The molecule has 0 aliphatic carbocycles. The Balaban J connectivity index is 1.70. The molecule has 2 aromatic rings. The number of halogens is 1. The van der Waals surface area contributed by atoms with E-state index in [1.165, 1.54) is 5.56 Å². The Bertz CT molecular complexity index is 842. The van der Waals surface area contributed by atoms with Crippen LogP contribution in [0.5, 0.6) is 5.75 Å². The molecule has 148 valence electrons. The van der Waals surface area contributed by atoms with Crippen LogP contribution < -0.4 is 15.4 Å². The number of urea groups is 1. The van der Waals surface area contributed by atoms with E-state index in [0.29, 0.717) is 25.3 Å². The van der Waals surface area contributed by atoms with Gasteiger partial charge in [-0.3, -0.25) is 0 Å². The van der Waals surface area contributed by atoms with Crippen molar-refractivity contribution in [3.8, 4) is 11.2 Å². The van der Waals surface area contributed by atoms with Crippen LogP contribution in [0.2, 0.25) is 0 Å². The Morgan fingerprint density at radius 2 is 1.93 bits per heavy atom. The van der Waals surface area contributed by atoms with E-state index in [-0.39, 0.29) is 11.4 Å². The highest BCUT2D eigenvalue weighted by molar-refractivity contribution is 9.10. The Morgan fingerprint density at radius 1 is 1.21 bits per heavy atom. The highest BCUT2D eigenvalue weighted by atomic mass is 79.9. The summed E-state index contributed by atoms with van der Waals surface area (Å²) in [6.07, 6.45) is 0.693. The van der Waals surface area contributed by atoms with Gasteiger partial charge in [0, 0.05) is 17.1 Å². The van der Waals surface area contributed by atoms with Gasteiger partial charge in [-0.15, -0.1) is 0 Å². The Labute approximate surface area is 179 Å². The molecular weight excluding hydrogens is 438 g/mol. The molecule has 2 rings (SSSR count). The maximum atomic E-state index is 11.9. The smallest absolute Gasteiger partial charge is 0.319 e. The summed E-state index contributed by atoms with van der Waals surface area (Å²) >= 11 is 4.64. The van der Waals surface area contributed by atoms with Crippen molar-refractivity contribution in [1.82, 2.24) is 5.32 Å². The minimum absolute atomic E-state index is 0.0905. The second kappa shape index (κ2) is 10.4. The molecule has 7 heteroatoms. The van der Waals surface area contributed by atoms with Crippen LogP contribution in [0.25, 0.3) is 0 Å². The monoisotopic (exact) mass is 461 g/mol. The lowest BCUT2D eigenvalue weighted by molar-refractivity contribution is 0.250. The van der Waals surface area contributed by atoms with Gasteiger partial charge in [-0.2, -0.15) is 5.26 Å². The van der Waals surface area contributed by atoms with Crippen molar-refractivity contribution in [1.29, 1.82) is 5.26 Å². The van der Waals surface area contributed by atoms with Gasteiger partial charge in [0.05, 0.1) is 11.1 Å². The van der Waals surface area contributed by atoms with Gasteiger partial charge in [0.1, 0.15) is 11.2 Å². The second-order valence-corrected chi connectivity index (χ2v) is 8.91. The van der Waals surface area contributed by atoms with Crippen molar-refractivity contribution in [2.75, 3.05) is 18.5 Å². The largest absolute Gasteiger partial charge is 0.492 e. The number of carbonyl (C=O) groups excluding carboxylic acids is 1. The van der Waals surface area contributed by atoms with Crippen LogP contribution in [0, 0.1) is 10.7 Å². The number of thiocyanates is 1. The molecule has 0 aliphatic rings. The minimum atomic E-state index is -0.267. The van der Waals surface area contributed by atoms with Gasteiger partial charge in [0.2, 0.25) is 0 Å². The predicted octanol–water partition coefficient (Wildman–Crippen LogP) is 5.91. The zero-order chi connectivity index (χ0) is 20.6. The van der Waals surface area contributed by atoms with Crippen LogP contribution in [0.15, 0.2) is 51.8 Å². The van der Waals surface area contributed by atoms with Crippen molar-refractivity contribution in [3.63, 3.8) is 0 Å². The van der Waals surface area contributed by atoms with Gasteiger partial charge < -0.3 is 15.4 Å². The number of amides is 2. The Hall–Kier alpha value is -2.17. The lowest BCUT2D eigenvalue weighted by Crippen LogP contribution is -2.30. The molecule has 2 amide bonds. The third-order valence-corrected chi connectivity index (χ3v) is 5.16. The molecule has 28 heavy (non-hydrogen) atoms. The number of ether oxygens (including phenoxy) is 1. The van der Waals surface area contributed by atoms with Gasteiger partial charge in [0.25, 0.3) is 0 Å². The molecule has 0 saturated carbocycles. The molecule has 0 spiro atoms. The average Bonchev–Trinajstić information content (AvgIpc) is 2.63. The van der Waals surface area contributed by atoms with Crippen molar-refractivity contribution in [3.05, 3.63) is 52.5 Å². The van der Waals surface area contributed by atoms with E-state index in [4.69, 9.17) is 10.00 Å². The van der Waals surface area contributed by atoms with Gasteiger partial charge in [0.15, 0.2) is 0 Å². The number of nitrogens with zero attached hydrogens (tertiary/aromatic N) is 1. The summed E-state index contributed by atoms with van der Waals surface area (Å²) in [4.78, 5) is 12.8. The summed E-state index contributed by atoms with van der Waals surface area (Å²) in [6, 6.07) is 13.0. The molecule has 0 aromatic heterocycles. The van der Waals surface area contributed by atoms with Crippen LogP contribution >= 0.6 is 27.7 Å². The number of nitrogens with one attached hydrogen (secondary N) is 2. The van der Waals surface area contributed by atoms with Gasteiger partial charge in [-0.25, -0.2) is 4.79 Å². The summed E-state index contributed by atoms with van der Waals surface area (Å²) in [5, 5.41) is 16.2. The van der Waals surface area contributed by atoms with E-state index in [0.717, 1.165) is 26.9 Å². The minimum Gasteiger partial charge on any atom is -0.492 e. The topological polar surface area (TPSA) is 74.2 Å². The van der Waals surface area contributed by atoms with Crippen LogP contribution in [-0.2, 0) is 5.41 Å². The standard InChI is InChI=1S/C21H24BrN3O2S/c1-21(2,3)15-5-10-19(18(22)13-15)27-12-4-11-24-20(26)25-16-6-8-17(9-7-16)28-14-23/h5-10,13H,4,11-12H2,1-3H3,(H2,24,25,26). The van der Waals surface area contributed by atoms with Crippen LogP contribution in [0.1, 0.15) is 32.8 Å². The summed E-state index contributed by atoms with van der Waals surface area (Å²) < 4.78 is 6.73. The molecule has 0 unspecified atom stereocenters. The lowest BCUT2D eigenvalue weighted by Gasteiger charge is -2.20. The summed E-state index contributed by atoms with van der Waals surface area (Å²) in [7, 11) is 0. The van der Waals surface area contributed by atoms with Gasteiger partial charge in [-0.1, -0.05) is 26.8 Å². The molecule has 0 fully saturated rings.